The summed E-state index contributed by atoms with van der Waals surface area (Å²) in [6, 6.07) is 4.73. The number of thiophene rings is 1. The van der Waals surface area contributed by atoms with Gasteiger partial charge in [-0.1, -0.05) is 19.9 Å². The van der Waals surface area contributed by atoms with Crippen LogP contribution in [0.4, 0.5) is 0 Å². The molecule has 2 aromatic heterocycles. The molecular weight excluding hydrogens is 282 g/mol. The minimum Gasteiger partial charge on any atom is -0.394 e. The molecule has 0 aromatic carbocycles. The van der Waals surface area contributed by atoms with E-state index in [1.165, 1.54) is 4.88 Å². The zero-order valence-corrected chi connectivity index (χ0v) is 14.0. The molecule has 2 unspecified atom stereocenters. The van der Waals surface area contributed by atoms with Gasteiger partial charge in [0.25, 0.3) is 0 Å². The van der Waals surface area contributed by atoms with Gasteiger partial charge >= 0.3 is 0 Å². The highest BCUT2D eigenvalue weighted by Gasteiger charge is 2.27. The van der Waals surface area contributed by atoms with Crippen molar-refractivity contribution in [3.63, 3.8) is 0 Å². The molecule has 0 saturated heterocycles. The monoisotopic (exact) mass is 307 g/mol. The number of nitrogens with one attached hydrogen (secondary N) is 1. The molecule has 4 nitrogen and oxygen atoms in total. The van der Waals surface area contributed by atoms with E-state index in [0.29, 0.717) is 6.04 Å². The van der Waals surface area contributed by atoms with E-state index in [-0.39, 0.29) is 18.2 Å². The summed E-state index contributed by atoms with van der Waals surface area (Å²) < 4.78 is 2.20. The standard InChI is InChI=1S/C16H25N3OS/c1-12(2)18-16(4,11-20)10-13(3)19-8-7-17-15(19)14-6-5-9-21-14/h5-9,12-13,18,20H,10-11H2,1-4H3. The lowest BCUT2D eigenvalue weighted by Gasteiger charge is -2.34. The van der Waals surface area contributed by atoms with Crippen LogP contribution in [0, 0.1) is 0 Å². The molecule has 5 heteroatoms. The Kier molecular flexibility index (Phi) is 5.19. The van der Waals surface area contributed by atoms with Crippen molar-refractivity contribution in [3.8, 4) is 10.7 Å². The van der Waals surface area contributed by atoms with Crippen LogP contribution in [-0.4, -0.2) is 32.8 Å². The number of aliphatic hydroxyl groups excluding tert-OH is 1. The largest absolute Gasteiger partial charge is 0.394 e. The van der Waals surface area contributed by atoms with Crippen molar-refractivity contribution in [2.75, 3.05) is 6.61 Å². The highest BCUT2D eigenvalue weighted by Crippen LogP contribution is 2.29. The topological polar surface area (TPSA) is 50.1 Å². The Morgan fingerprint density at radius 3 is 2.76 bits per heavy atom. The van der Waals surface area contributed by atoms with Crippen molar-refractivity contribution >= 4 is 11.3 Å². The first-order valence-electron chi connectivity index (χ1n) is 7.40. The van der Waals surface area contributed by atoms with E-state index >= 15 is 0 Å². The molecular formula is C16H25N3OS. The Morgan fingerprint density at radius 1 is 1.43 bits per heavy atom. The molecule has 2 atom stereocenters. The van der Waals surface area contributed by atoms with Gasteiger partial charge in [-0.25, -0.2) is 4.98 Å². The first-order chi connectivity index (χ1) is 9.95. The van der Waals surface area contributed by atoms with Gasteiger partial charge < -0.3 is 15.0 Å². The number of rotatable bonds is 7. The second-order valence-electron chi connectivity index (χ2n) is 6.21. The summed E-state index contributed by atoms with van der Waals surface area (Å²) in [7, 11) is 0. The molecule has 2 N–H and O–H groups in total. The van der Waals surface area contributed by atoms with Crippen LogP contribution in [0.2, 0.25) is 0 Å². The van der Waals surface area contributed by atoms with E-state index in [1.54, 1.807) is 11.3 Å². The van der Waals surface area contributed by atoms with E-state index in [4.69, 9.17) is 0 Å². The Labute approximate surface area is 130 Å². The van der Waals surface area contributed by atoms with Crippen LogP contribution in [0.15, 0.2) is 29.9 Å². The molecule has 0 amide bonds. The van der Waals surface area contributed by atoms with Crippen LogP contribution in [-0.2, 0) is 0 Å². The Morgan fingerprint density at radius 2 is 2.19 bits per heavy atom. The van der Waals surface area contributed by atoms with Crippen LogP contribution in [0.1, 0.15) is 40.2 Å². The Hall–Kier alpha value is -1.17. The molecule has 21 heavy (non-hydrogen) atoms. The summed E-state index contributed by atoms with van der Waals surface area (Å²) in [5.41, 5.74) is -0.287. The summed E-state index contributed by atoms with van der Waals surface area (Å²) in [6.45, 7) is 8.58. The van der Waals surface area contributed by atoms with Crippen LogP contribution in [0.5, 0.6) is 0 Å². The molecule has 0 spiro atoms. The van der Waals surface area contributed by atoms with E-state index in [0.717, 1.165) is 12.2 Å². The number of aliphatic hydroxyl groups is 1. The van der Waals surface area contributed by atoms with Gasteiger partial charge in [0.15, 0.2) is 0 Å². The predicted molar refractivity (Wildman–Crippen MR) is 88.6 cm³/mol. The van der Waals surface area contributed by atoms with Crippen molar-refractivity contribution in [2.45, 2.75) is 51.7 Å². The number of hydrogen-bond donors (Lipinski definition) is 2. The van der Waals surface area contributed by atoms with E-state index in [1.807, 2.05) is 18.5 Å². The quantitative estimate of drug-likeness (QED) is 0.825. The van der Waals surface area contributed by atoms with Crippen molar-refractivity contribution in [3.05, 3.63) is 29.9 Å². The lowest BCUT2D eigenvalue weighted by Crippen LogP contribution is -2.50. The third-order valence-electron chi connectivity index (χ3n) is 3.62. The van der Waals surface area contributed by atoms with Crippen molar-refractivity contribution in [1.82, 2.24) is 14.9 Å². The van der Waals surface area contributed by atoms with Gasteiger partial charge in [0.05, 0.1) is 11.5 Å². The average Bonchev–Trinajstić information content (AvgIpc) is 3.08. The van der Waals surface area contributed by atoms with Gasteiger partial charge in [-0.2, -0.15) is 0 Å². The SMILES string of the molecule is CC(C)NC(C)(CO)CC(C)n1ccnc1-c1cccs1. The molecule has 2 aromatic rings. The lowest BCUT2D eigenvalue weighted by atomic mass is 9.93. The number of nitrogens with zero attached hydrogens (tertiary/aromatic N) is 2. The number of hydrogen-bond acceptors (Lipinski definition) is 4. The molecule has 2 heterocycles. The summed E-state index contributed by atoms with van der Waals surface area (Å²) in [6.07, 6.45) is 4.71. The predicted octanol–water partition coefficient (Wildman–Crippen LogP) is 3.31. The number of aromatic nitrogens is 2. The second kappa shape index (κ2) is 6.73. The fourth-order valence-electron chi connectivity index (χ4n) is 2.88. The average molecular weight is 307 g/mol. The van der Waals surface area contributed by atoms with Crippen molar-refractivity contribution in [1.29, 1.82) is 0 Å². The molecule has 0 bridgehead atoms. The fraction of sp³-hybridized carbons (Fsp3) is 0.562. The van der Waals surface area contributed by atoms with Crippen LogP contribution in [0.25, 0.3) is 10.7 Å². The maximum absolute atomic E-state index is 9.75. The molecule has 0 radical (unpaired) electrons. The minimum atomic E-state index is -0.287. The van der Waals surface area contributed by atoms with E-state index in [9.17, 15) is 5.11 Å². The van der Waals surface area contributed by atoms with Gasteiger partial charge in [0.1, 0.15) is 5.82 Å². The van der Waals surface area contributed by atoms with E-state index in [2.05, 4.69) is 54.0 Å². The smallest absolute Gasteiger partial charge is 0.150 e. The van der Waals surface area contributed by atoms with Crippen LogP contribution >= 0.6 is 11.3 Å². The van der Waals surface area contributed by atoms with Gasteiger partial charge in [0, 0.05) is 30.0 Å². The first-order valence-corrected chi connectivity index (χ1v) is 8.28. The molecule has 2 rings (SSSR count). The zero-order chi connectivity index (χ0) is 15.5. The normalized spacial score (nSPS) is 16.1. The van der Waals surface area contributed by atoms with Crippen LogP contribution < -0.4 is 5.32 Å². The molecule has 0 saturated carbocycles. The molecule has 0 fully saturated rings. The summed E-state index contributed by atoms with van der Waals surface area (Å²) >= 11 is 1.70. The Balaban J connectivity index is 2.17. The minimum absolute atomic E-state index is 0.124. The summed E-state index contributed by atoms with van der Waals surface area (Å²) in [4.78, 5) is 5.66. The van der Waals surface area contributed by atoms with Gasteiger partial charge in [-0.15, -0.1) is 11.3 Å². The van der Waals surface area contributed by atoms with Crippen LogP contribution in [0.3, 0.4) is 0 Å². The third-order valence-corrected chi connectivity index (χ3v) is 4.48. The molecule has 0 aliphatic rings. The van der Waals surface area contributed by atoms with Crippen molar-refractivity contribution in [2.24, 2.45) is 0 Å². The second-order valence-corrected chi connectivity index (χ2v) is 7.15. The van der Waals surface area contributed by atoms with Gasteiger partial charge in [-0.05, 0) is 31.7 Å². The summed E-state index contributed by atoms with van der Waals surface area (Å²) in [5, 5.41) is 15.3. The highest BCUT2D eigenvalue weighted by atomic mass is 32.1. The lowest BCUT2D eigenvalue weighted by molar-refractivity contribution is 0.143. The van der Waals surface area contributed by atoms with E-state index < -0.39 is 0 Å². The molecule has 0 aliphatic heterocycles. The van der Waals surface area contributed by atoms with Crippen molar-refractivity contribution < 1.29 is 5.11 Å². The fourth-order valence-corrected chi connectivity index (χ4v) is 3.61. The highest BCUT2D eigenvalue weighted by molar-refractivity contribution is 7.13. The van der Waals surface area contributed by atoms with Gasteiger partial charge in [-0.3, -0.25) is 0 Å². The molecule has 0 aliphatic carbocycles. The maximum atomic E-state index is 9.75. The number of imidazole rings is 1. The Bertz CT molecular complexity index is 550. The summed E-state index contributed by atoms with van der Waals surface area (Å²) in [5.74, 6) is 1.00. The first kappa shape index (κ1) is 16.2. The molecule has 116 valence electrons. The maximum Gasteiger partial charge on any atom is 0.150 e. The third kappa shape index (κ3) is 3.93. The van der Waals surface area contributed by atoms with Gasteiger partial charge in [0.2, 0.25) is 0 Å². The zero-order valence-electron chi connectivity index (χ0n) is 13.2.